The number of para-hydroxylation sites is 2. The van der Waals surface area contributed by atoms with Crippen LogP contribution in [0.3, 0.4) is 0 Å². The van der Waals surface area contributed by atoms with Gasteiger partial charge in [-0.3, -0.25) is 0 Å². The van der Waals surface area contributed by atoms with Gasteiger partial charge < -0.3 is 14.8 Å². The molecule has 1 aliphatic rings. The molecule has 2 aromatic rings. The SMILES string of the molecule is Clc1ncc(CNc2ccccc2OC2COC2)s1. The molecule has 0 unspecified atom stereocenters. The first kappa shape index (κ1) is 12.7. The summed E-state index contributed by atoms with van der Waals surface area (Å²) in [7, 11) is 0. The van der Waals surface area contributed by atoms with Crippen LogP contribution in [0.25, 0.3) is 0 Å². The zero-order valence-corrected chi connectivity index (χ0v) is 11.7. The summed E-state index contributed by atoms with van der Waals surface area (Å²) in [5.74, 6) is 0.853. The molecule has 1 aromatic heterocycles. The van der Waals surface area contributed by atoms with Gasteiger partial charge in [-0.25, -0.2) is 4.98 Å². The van der Waals surface area contributed by atoms with E-state index in [4.69, 9.17) is 21.1 Å². The van der Waals surface area contributed by atoms with Crippen molar-refractivity contribution in [2.24, 2.45) is 0 Å². The Morgan fingerprint density at radius 1 is 1.42 bits per heavy atom. The summed E-state index contributed by atoms with van der Waals surface area (Å²) in [5.41, 5.74) is 0.971. The van der Waals surface area contributed by atoms with Gasteiger partial charge in [0.1, 0.15) is 11.9 Å². The van der Waals surface area contributed by atoms with Crippen LogP contribution in [0.15, 0.2) is 30.5 Å². The fourth-order valence-electron chi connectivity index (χ4n) is 1.72. The number of aromatic nitrogens is 1. The number of anilines is 1. The van der Waals surface area contributed by atoms with Gasteiger partial charge in [0.2, 0.25) is 0 Å². The topological polar surface area (TPSA) is 43.4 Å². The van der Waals surface area contributed by atoms with Gasteiger partial charge in [0.15, 0.2) is 4.47 Å². The van der Waals surface area contributed by atoms with E-state index in [0.29, 0.717) is 24.2 Å². The van der Waals surface area contributed by atoms with Crippen LogP contribution in [0.1, 0.15) is 4.88 Å². The van der Waals surface area contributed by atoms with Crippen molar-refractivity contribution in [2.45, 2.75) is 12.6 Å². The molecular formula is C13H13ClN2O2S. The van der Waals surface area contributed by atoms with Crippen molar-refractivity contribution in [3.05, 3.63) is 39.8 Å². The molecule has 3 rings (SSSR count). The molecule has 1 aromatic carbocycles. The molecule has 0 spiro atoms. The molecule has 19 heavy (non-hydrogen) atoms. The number of hydrogen-bond donors (Lipinski definition) is 1. The first-order valence-corrected chi connectivity index (χ1v) is 7.18. The maximum Gasteiger partial charge on any atom is 0.183 e. The van der Waals surface area contributed by atoms with E-state index >= 15 is 0 Å². The third-order valence-corrected chi connectivity index (χ3v) is 3.88. The van der Waals surface area contributed by atoms with Gasteiger partial charge in [-0.15, -0.1) is 11.3 Å². The van der Waals surface area contributed by atoms with E-state index in [1.165, 1.54) is 11.3 Å². The third-order valence-electron chi connectivity index (χ3n) is 2.77. The Hall–Kier alpha value is -1.30. The number of rotatable bonds is 5. The summed E-state index contributed by atoms with van der Waals surface area (Å²) in [6.45, 7) is 2.02. The molecule has 1 saturated heterocycles. The highest BCUT2D eigenvalue weighted by Crippen LogP contribution is 2.27. The molecule has 0 amide bonds. The summed E-state index contributed by atoms with van der Waals surface area (Å²) in [6, 6.07) is 7.90. The van der Waals surface area contributed by atoms with Crippen LogP contribution in [0.4, 0.5) is 5.69 Å². The molecular weight excluding hydrogens is 284 g/mol. The fraction of sp³-hybridized carbons (Fsp3) is 0.308. The number of ether oxygens (including phenoxy) is 2. The Bertz CT molecular complexity index is 557. The lowest BCUT2D eigenvalue weighted by Gasteiger charge is -2.27. The third kappa shape index (κ3) is 3.18. The van der Waals surface area contributed by atoms with Crippen molar-refractivity contribution in [1.29, 1.82) is 0 Å². The highest BCUT2D eigenvalue weighted by Gasteiger charge is 2.21. The molecule has 6 heteroatoms. The van der Waals surface area contributed by atoms with Gasteiger partial charge in [-0.05, 0) is 12.1 Å². The molecule has 1 fully saturated rings. The lowest BCUT2D eigenvalue weighted by atomic mass is 10.2. The largest absolute Gasteiger partial charge is 0.483 e. The monoisotopic (exact) mass is 296 g/mol. The van der Waals surface area contributed by atoms with Crippen molar-refractivity contribution in [3.63, 3.8) is 0 Å². The summed E-state index contributed by atoms with van der Waals surface area (Å²) in [6.07, 6.45) is 1.95. The molecule has 0 radical (unpaired) electrons. The van der Waals surface area contributed by atoms with E-state index in [2.05, 4.69) is 10.3 Å². The van der Waals surface area contributed by atoms with E-state index in [1.807, 2.05) is 24.3 Å². The van der Waals surface area contributed by atoms with Crippen LogP contribution in [0, 0.1) is 0 Å². The second-order valence-corrected chi connectivity index (χ2v) is 5.90. The molecule has 0 bridgehead atoms. The standard InChI is InChI=1S/C13H13ClN2O2S/c14-13-16-6-10(19-13)5-15-11-3-1-2-4-12(11)18-9-7-17-8-9/h1-4,6,9,15H,5,7-8H2. The van der Waals surface area contributed by atoms with E-state index in [9.17, 15) is 0 Å². The molecule has 0 atom stereocenters. The first-order chi connectivity index (χ1) is 9.31. The van der Waals surface area contributed by atoms with Gasteiger partial charge in [-0.1, -0.05) is 23.7 Å². The van der Waals surface area contributed by atoms with Crippen LogP contribution in [-0.2, 0) is 11.3 Å². The molecule has 2 heterocycles. The average molecular weight is 297 g/mol. The van der Waals surface area contributed by atoms with Gasteiger partial charge in [-0.2, -0.15) is 0 Å². The summed E-state index contributed by atoms with van der Waals surface area (Å²) in [4.78, 5) is 5.11. The predicted octanol–water partition coefficient (Wildman–Crippen LogP) is 3.19. The maximum absolute atomic E-state index is 5.85. The van der Waals surface area contributed by atoms with Gasteiger partial charge in [0.25, 0.3) is 0 Å². The molecule has 0 aliphatic carbocycles. The molecule has 4 nitrogen and oxygen atoms in total. The number of hydrogen-bond acceptors (Lipinski definition) is 5. The predicted molar refractivity (Wildman–Crippen MR) is 76.1 cm³/mol. The number of nitrogens with one attached hydrogen (secondary N) is 1. The summed E-state index contributed by atoms with van der Waals surface area (Å²) in [5, 5.41) is 3.34. The minimum absolute atomic E-state index is 0.167. The average Bonchev–Trinajstić information content (AvgIpc) is 2.78. The Labute approximate surface area is 120 Å². The quantitative estimate of drug-likeness (QED) is 0.920. The van der Waals surface area contributed by atoms with Crippen LogP contribution < -0.4 is 10.1 Å². The zero-order valence-electron chi connectivity index (χ0n) is 10.1. The zero-order chi connectivity index (χ0) is 13.1. The molecule has 100 valence electrons. The van der Waals surface area contributed by atoms with Crippen molar-refractivity contribution in [3.8, 4) is 5.75 Å². The summed E-state index contributed by atoms with van der Waals surface area (Å²) >= 11 is 7.28. The maximum atomic E-state index is 5.85. The number of thiazole rings is 1. The van der Waals surface area contributed by atoms with Crippen molar-refractivity contribution < 1.29 is 9.47 Å². The Balaban J connectivity index is 1.65. The second kappa shape index (κ2) is 5.77. The van der Waals surface area contributed by atoms with Gasteiger partial charge >= 0.3 is 0 Å². The van der Waals surface area contributed by atoms with Crippen molar-refractivity contribution in [2.75, 3.05) is 18.5 Å². The first-order valence-electron chi connectivity index (χ1n) is 5.99. The minimum atomic E-state index is 0.167. The Morgan fingerprint density at radius 2 is 2.26 bits per heavy atom. The Kier molecular flexibility index (Phi) is 3.87. The number of benzene rings is 1. The Morgan fingerprint density at radius 3 is 2.95 bits per heavy atom. The number of nitrogens with zero attached hydrogens (tertiary/aromatic N) is 1. The highest BCUT2D eigenvalue weighted by molar-refractivity contribution is 7.15. The minimum Gasteiger partial charge on any atom is -0.483 e. The van der Waals surface area contributed by atoms with Crippen LogP contribution in [0.5, 0.6) is 5.75 Å². The van der Waals surface area contributed by atoms with E-state index in [-0.39, 0.29) is 6.10 Å². The summed E-state index contributed by atoms with van der Waals surface area (Å²) < 4.78 is 11.5. The smallest absolute Gasteiger partial charge is 0.183 e. The van der Waals surface area contributed by atoms with E-state index < -0.39 is 0 Å². The lowest BCUT2D eigenvalue weighted by Crippen LogP contribution is -2.38. The molecule has 1 aliphatic heterocycles. The van der Waals surface area contributed by atoms with Gasteiger partial charge in [0.05, 0.1) is 25.4 Å². The fourth-order valence-corrected chi connectivity index (χ4v) is 2.64. The van der Waals surface area contributed by atoms with E-state index in [1.54, 1.807) is 6.20 Å². The van der Waals surface area contributed by atoms with Crippen LogP contribution in [0.2, 0.25) is 4.47 Å². The molecule has 1 N–H and O–H groups in total. The van der Waals surface area contributed by atoms with Crippen LogP contribution in [-0.4, -0.2) is 24.3 Å². The van der Waals surface area contributed by atoms with Crippen LogP contribution >= 0.6 is 22.9 Å². The number of halogens is 1. The lowest BCUT2D eigenvalue weighted by molar-refractivity contribution is -0.0794. The second-order valence-electron chi connectivity index (χ2n) is 4.21. The van der Waals surface area contributed by atoms with Crippen molar-refractivity contribution in [1.82, 2.24) is 4.98 Å². The highest BCUT2D eigenvalue weighted by atomic mass is 35.5. The normalized spacial score (nSPS) is 15.0. The van der Waals surface area contributed by atoms with E-state index in [0.717, 1.165) is 16.3 Å². The molecule has 0 saturated carbocycles. The van der Waals surface area contributed by atoms with Gasteiger partial charge in [0, 0.05) is 11.1 Å². The van der Waals surface area contributed by atoms with Crippen molar-refractivity contribution >= 4 is 28.6 Å².